The van der Waals surface area contributed by atoms with E-state index >= 15 is 0 Å². The number of hydrogen-bond donors (Lipinski definition) is 2. The molecule has 1 heterocycles. The first-order valence-electron chi connectivity index (χ1n) is 22.2. The third-order valence-electron chi connectivity index (χ3n) is 13.0. The fourth-order valence-corrected chi connectivity index (χ4v) is 9.73. The van der Waals surface area contributed by atoms with Crippen molar-refractivity contribution in [2.24, 2.45) is 0 Å². The Kier molecular flexibility index (Phi) is 18.9. The number of rotatable bonds is 17. The van der Waals surface area contributed by atoms with Crippen LogP contribution in [-0.4, -0.2) is 90.3 Å². The van der Waals surface area contributed by atoms with Gasteiger partial charge >= 0.3 is 6.18 Å². The van der Waals surface area contributed by atoms with Gasteiger partial charge in [-0.3, -0.25) is 9.59 Å². The Labute approximate surface area is 386 Å². The number of amides is 2. The standard InChI is InChI=1S/C27H37ClN2O2.C23H27F4N3OS/c1-21-20-23(28)11-12-25(21)32-19-7-10-26(31)29-24-14-17-27(18-15-24,30(2)3)16-13-22-8-5-4-6-9-22;1-30(2)22(13-16-5-3-4-6-19(16)24)11-9-18(10-12-22)29-20(31)15-32-21-8-7-17(14-28-21)23(25,26)27/h4-6,8-9,11-12,20,24H,7,10,13-19H2,1-3H3,(H,29,31);3-8,14,18H,9-13,15H2,1-2H3,(H,29,31). The van der Waals surface area contributed by atoms with E-state index in [4.69, 9.17) is 16.3 Å². The van der Waals surface area contributed by atoms with Crippen LogP contribution in [0.3, 0.4) is 0 Å². The third-order valence-corrected chi connectivity index (χ3v) is 14.2. The molecule has 0 bridgehead atoms. The summed E-state index contributed by atoms with van der Waals surface area (Å²) in [5.41, 5.74) is 2.36. The predicted molar refractivity (Wildman–Crippen MR) is 249 cm³/mol. The maximum atomic E-state index is 14.2. The van der Waals surface area contributed by atoms with Gasteiger partial charge in [0.05, 0.1) is 22.9 Å². The molecule has 64 heavy (non-hydrogen) atoms. The molecule has 2 saturated carbocycles. The Hall–Kier alpha value is -4.17. The first-order valence-corrected chi connectivity index (χ1v) is 23.6. The van der Waals surface area contributed by atoms with Crippen LogP contribution in [0.15, 0.2) is 96.2 Å². The molecule has 2 amide bonds. The third kappa shape index (κ3) is 15.2. The normalized spacial score (nSPS) is 21.2. The van der Waals surface area contributed by atoms with Gasteiger partial charge in [0.1, 0.15) is 11.6 Å². The topological polar surface area (TPSA) is 86.8 Å². The molecule has 2 fully saturated rings. The first kappa shape index (κ1) is 50.8. The van der Waals surface area contributed by atoms with E-state index in [1.807, 2.05) is 51.4 Å². The van der Waals surface area contributed by atoms with Gasteiger partial charge < -0.3 is 25.2 Å². The molecule has 14 heteroatoms. The number of carbonyl (C=O) groups excluding carboxylic acids is 2. The molecular weight excluding hydrogens is 862 g/mol. The zero-order valence-electron chi connectivity index (χ0n) is 37.8. The number of nitrogens with zero attached hydrogens (tertiary/aromatic N) is 3. The molecule has 0 spiro atoms. The number of pyridine rings is 1. The molecule has 2 aliphatic carbocycles. The number of halogens is 5. The average molecular weight is 927 g/mol. The highest BCUT2D eigenvalue weighted by Gasteiger charge is 2.39. The molecule has 0 saturated heterocycles. The van der Waals surface area contributed by atoms with E-state index in [2.05, 4.69) is 69.8 Å². The van der Waals surface area contributed by atoms with E-state index in [0.717, 1.165) is 99.5 Å². The Morgan fingerprint density at radius 1 is 0.828 bits per heavy atom. The molecule has 2 aliphatic rings. The largest absolute Gasteiger partial charge is 0.493 e. The highest BCUT2D eigenvalue weighted by molar-refractivity contribution is 7.99. The lowest BCUT2D eigenvalue weighted by Gasteiger charge is -2.45. The van der Waals surface area contributed by atoms with Gasteiger partial charge in [-0.15, -0.1) is 0 Å². The summed E-state index contributed by atoms with van der Waals surface area (Å²) in [6.45, 7) is 2.51. The van der Waals surface area contributed by atoms with Crippen molar-refractivity contribution < 1.29 is 31.9 Å². The lowest BCUT2D eigenvalue weighted by Crippen LogP contribution is -2.52. The highest BCUT2D eigenvalue weighted by atomic mass is 35.5. The van der Waals surface area contributed by atoms with Crippen LogP contribution < -0.4 is 15.4 Å². The minimum atomic E-state index is -4.43. The fourth-order valence-electron chi connectivity index (χ4n) is 8.85. The lowest BCUT2D eigenvalue weighted by molar-refractivity contribution is -0.138. The number of benzene rings is 3. The molecule has 0 aliphatic heterocycles. The second-order valence-corrected chi connectivity index (χ2v) is 19.1. The van der Waals surface area contributed by atoms with E-state index in [9.17, 15) is 27.2 Å². The van der Waals surface area contributed by atoms with Crippen LogP contribution in [0.2, 0.25) is 5.02 Å². The molecule has 6 rings (SSSR count). The van der Waals surface area contributed by atoms with Gasteiger partial charge in [0, 0.05) is 40.8 Å². The number of hydrogen-bond acceptors (Lipinski definition) is 7. The maximum Gasteiger partial charge on any atom is 0.417 e. The lowest BCUT2D eigenvalue weighted by atomic mass is 9.74. The van der Waals surface area contributed by atoms with Crippen molar-refractivity contribution in [1.82, 2.24) is 25.4 Å². The zero-order chi connectivity index (χ0) is 46.3. The number of likely N-dealkylation sites (N-methyl/N-ethyl adjacent to an activating group) is 1. The second kappa shape index (κ2) is 23.8. The van der Waals surface area contributed by atoms with Gasteiger partial charge in [-0.1, -0.05) is 71.9 Å². The van der Waals surface area contributed by atoms with Crippen LogP contribution in [0, 0.1) is 12.7 Å². The fraction of sp³-hybridized carbons (Fsp3) is 0.500. The Balaban J connectivity index is 0.000000241. The van der Waals surface area contributed by atoms with Gasteiger partial charge in [0.25, 0.3) is 0 Å². The number of carbonyl (C=O) groups is 2. The van der Waals surface area contributed by atoms with Crippen LogP contribution in [-0.2, 0) is 28.6 Å². The second-order valence-electron chi connectivity index (χ2n) is 17.7. The number of aromatic nitrogens is 1. The molecule has 0 atom stereocenters. The number of nitrogens with one attached hydrogen (secondary N) is 2. The number of aryl methyl sites for hydroxylation is 2. The van der Waals surface area contributed by atoms with E-state index in [1.54, 1.807) is 6.07 Å². The average Bonchev–Trinajstić information content (AvgIpc) is 3.26. The highest BCUT2D eigenvalue weighted by Crippen LogP contribution is 2.38. The van der Waals surface area contributed by atoms with E-state index < -0.39 is 11.7 Å². The summed E-state index contributed by atoms with van der Waals surface area (Å²) in [6, 6.07) is 25.7. The number of alkyl halides is 3. The molecular formula is C50H64ClF4N5O3S. The van der Waals surface area contributed by atoms with Crippen molar-refractivity contribution >= 4 is 35.2 Å². The molecule has 3 aromatic carbocycles. The number of thioether (sulfide) groups is 1. The van der Waals surface area contributed by atoms with Crippen LogP contribution in [0.25, 0.3) is 0 Å². The van der Waals surface area contributed by atoms with Gasteiger partial charge in [0.15, 0.2) is 0 Å². The van der Waals surface area contributed by atoms with Crippen molar-refractivity contribution in [3.05, 3.63) is 124 Å². The minimum absolute atomic E-state index is 0.0253. The molecule has 1 aromatic heterocycles. The summed E-state index contributed by atoms with van der Waals surface area (Å²) < 4.78 is 57.8. The van der Waals surface area contributed by atoms with Crippen molar-refractivity contribution in [2.75, 3.05) is 40.6 Å². The van der Waals surface area contributed by atoms with Crippen molar-refractivity contribution in [3.63, 3.8) is 0 Å². The SMILES string of the molecule is CN(C)C1(Cc2ccccc2F)CCC(NC(=O)CSc2ccc(C(F)(F)F)cn2)CC1.Cc1cc(Cl)ccc1OCCCC(=O)NC1CCC(CCc2ccccc2)(N(C)C)CC1. The minimum Gasteiger partial charge on any atom is -0.493 e. The predicted octanol–water partition coefficient (Wildman–Crippen LogP) is 10.7. The van der Waals surface area contributed by atoms with E-state index in [-0.39, 0.29) is 46.5 Å². The van der Waals surface area contributed by atoms with E-state index in [0.29, 0.717) is 41.5 Å². The molecule has 2 N–H and O–H groups in total. The number of ether oxygens (including phenoxy) is 1. The van der Waals surface area contributed by atoms with Gasteiger partial charge in [-0.25, -0.2) is 9.37 Å². The summed E-state index contributed by atoms with van der Waals surface area (Å²) >= 11 is 7.09. The quantitative estimate of drug-likeness (QED) is 0.0620. The molecule has 0 unspecified atom stereocenters. The summed E-state index contributed by atoms with van der Waals surface area (Å²) in [7, 11) is 8.42. The Morgan fingerprint density at radius 3 is 2.02 bits per heavy atom. The molecule has 4 aromatic rings. The maximum absolute atomic E-state index is 14.2. The molecule has 0 radical (unpaired) electrons. The smallest absolute Gasteiger partial charge is 0.417 e. The van der Waals surface area contributed by atoms with Crippen LogP contribution in [0.1, 0.15) is 92.9 Å². The summed E-state index contributed by atoms with van der Waals surface area (Å²) in [5.74, 6) is 0.681. The van der Waals surface area contributed by atoms with Crippen LogP contribution in [0.5, 0.6) is 5.75 Å². The van der Waals surface area contributed by atoms with Gasteiger partial charge in [-0.2, -0.15) is 13.2 Å². The van der Waals surface area contributed by atoms with Crippen molar-refractivity contribution in [1.29, 1.82) is 0 Å². The van der Waals surface area contributed by atoms with Crippen LogP contribution >= 0.6 is 23.4 Å². The first-order chi connectivity index (χ1) is 30.5. The van der Waals surface area contributed by atoms with Crippen LogP contribution in [0.4, 0.5) is 17.6 Å². The Bertz CT molecular complexity index is 2070. The molecule has 348 valence electrons. The summed E-state index contributed by atoms with van der Waals surface area (Å²) in [5, 5.41) is 7.35. The zero-order valence-corrected chi connectivity index (χ0v) is 39.4. The summed E-state index contributed by atoms with van der Waals surface area (Å²) in [4.78, 5) is 33.1. The monoisotopic (exact) mass is 925 g/mol. The summed E-state index contributed by atoms with van der Waals surface area (Å²) in [6.07, 6.45) is 7.96. The van der Waals surface area contributed by atoms with Gasteiger partial charge in [-0.05, 0) is 165 Å². The van der Waals surface area contributed by atoms with Crippen molar-refractivity contribution in [2.45, 2.75) is 125 Å². The van der Waals surface area contributed by atoms with Crippen molar-refractivity contribution in [3.8, 4) is 5.75 Å². The molecule has 8 nitrogen and oxygen atoms in total. The van der Waals surface area contributed by atoms with Gasteiger partial charge in [0.2, 0.25) is 11.8 Å². The Morgan fingerprint density at radius 2 is 1.44 bits per heavy atom. The van der Waals surface area contributed by atoms with E-state index in [1.165, 1.54) is 17.7 Å².